The summed E-state index contributed by atoms with van der Waals surface area (Å²) in [6, 6.07) is 0.475. The maximum Gasteiger partial charge on any atom is 0.241 e. The molecule has 0 unspecified atom stereocenters. The van der Waals surface area contributed by atoms with Gasteiger partial charge in [-0.05, 0) is 26.1 Å². The van der Waals surface area contributed by atoms with E-state index in [0.29, 0.717) is 12.5 Å². The molecule has 0 radical (unpaired) electrons. The molecule has 0 fully saturated rings. The number of carbonyl (C=O) groups is 1. The minimum atomic E-state index is -2.44. The fourth-order valence-corrected chi connectivity index (χ4v) is 1.42. The topological polar surface area (TPSA) is 17.1 Å². The van der Waals surface area contributed by atoms with E-state index in [1.807, 2.05) is 0 Å². The van der Waals surface area contributed by atoms with E-state index in [1.165, 1.54) is 6.92 Å². The first-order chi connectivity index (χ1) is 3.92. The molecule has 0 bridgehead atoms. The molecule has 0 saturated heterocycles. The van der Waals surface area contributed by atoms with Crippen molar-refractivity contribution in [3.8, 4) is 0 Å². The molecule has 0 aromatic rings. The molecule has 0 spiro atoms. The van der Waals surface area contributed by atoms with Gasteiger partial charge in [0.15, 0.2) is 0 Å². The molecule has 0 heterocycles. The van der Waals surface area contributed by atoms with Crippen molar-refractivity contribution in [1.82, 2.24) is 0 Å². The lowest BCUT2D eigenvalue weighted by Crippen LogP contribution is -2.18. The molecule has 0 amide bonds. The van der Waals surface area contributed by atoms with Crippen molar-refractivity contribution in [2.45, 2.75) is 32.5 Å². The van der Waals surface area contributed by atoms with E-state index < -0.39 is 8.41 Å². The van der Waals surface area contributed by atoms with Crippen molar-refractivity contribution in [3.63, 3.8) is 0 Å². The Balaban J connectivity index is 3.39. The Kier molecular flexibility index (Phi) is 3.04. The Morgan fingerprint density at radius 3 is 2.11 bits per heavy atom. The third-order valence-corrected chi connectivity index (χ3v) is 2.51. The highest BCUT2D eigenvalue weighted by molar-refractivity contribution is 6.70. The standard InChI is InChI=1S/C6H13FOSi/c1-6(8)4-5-9(2,3)7/h4-5H2,1-3H3. The van der Waals surface area contributed by atoms with Crippen LogP contribution in [0.3, 0.4) is 0 Å². The summed E-state index contributed by atoms with van der Waals surface area (Å²) in [6.07, 6.45) is 0.412. The second-order valence-corrected chi connectivity index (χ2v) is 6.86. The normalized spacial score (nSPS) is 11.6. The number of rotatable bonds is 3. The van der Waals surface area contributed by atoms with E-state index in [2.05, 4.69) is 0 Å². The van der Waals surface area contributed by atoms with Crippen LogP contribution in [-0.2, 0) is 4.79 Å². The first-order valence-electron chi connectivity index (χ1n) is 3.10. The number of hydrogen-bond acceptors (Lipinski definition) is 1. The van der Waals surface area contributed by atoms with Gasteiger partial charge in [0.05, 0.1) is 0 Å². The molecule has 0 N–H and O–H groups in total. The van der Waals surface area contributed by atoms with E-state index in [0.717, 1.165) is 0 Å². The van der Waals surface area contributed by atoms with Crippen molar-refractivity contribution >= 4 is 14.2 Å². The van der Waals surface area contributed by atoms with Crippen LogP contribution in [0.2, 0.25) is 19.1 Å². The van der Waals surface area contributed by atoms with Gasteiger partial charge >= 0.3 is 0 Å². The van der Waals surface area contributed by atoms with Crippen LogP contribution >= 0.6 is 0 Å². The van der Waals surface area contributed by atoms with Crippen molar-refractivity contribution < 1.29 is 8.90 Å². The van der Waals surface area contributed by atoms with Crippen LogP contribution in [0, 0.1) is 0 Å². The van der Waals surface area contributed by atoms with Crippen LogP contribution in [0.15, 0.2) is 0 Å². The van der Waals surface area contributed by atoms with Crippen molar-refractivity contribution in [2.75, 3.05) is 0 Å². The lowest BCUT2D eigenvalue weighted by Gasteiger charge is -2.07. The maximum absolute atomic E-state index is 12.7. The average molecular weight is 148 g/mol. The van der Waals surface area contributed by atoms with E-state index in [-0.39, 0.29) is 5.78 Å². The van der Waals surface area contributed by atoms with Gasteiger partial charge in [0.2, 0.25) is 8.41 Å². The largest absolute Gasteiger partial charge is 0.314 e. The fraction of sp³-hybridized carbons (Fsp3) is 0.833. The van der Waals surface area contributed by atoms with E-state index in [9.17, 15) is 8.90 Å². The monoisotopic (exact) mass is 148 g/mol. The number of carbonyl (C=O) groups excluding carboxylic acids is 1. The van der Waals surface area contributed by atoms with Crippen LogP contribution in [0.5, 0.6) is 0 Å². The highest BCUT2D eigenvalue weighted by atomic mass is 28.4. The van der Waals surface area contributed by atoms with Gasteiger partial charge in [0.1, 0.15) is 5.78 Å². The Morgan fingerprint density at radius 2 is 2.00 bits per heavy atom. The van der Waals surface area contributed by atoms with Gasteiger partial charge in [-0.25, -0.2) is 0 Å². The molecule has 0 saturated carbocycles. The molecule has 0 atom stereocenters. The van der Waals surface area contributed by atoms with Crippen LogP contribution in [0.1, 0.15) is 13.3 Å². The van der Waals surface area contributed by atoms with Crippen LogP contribution in [0.4, 0.5) is 4.11 Å². The third kappa shape index (κ3) is 7.82. The molecule has 9 heavy (non-hydrogen) atoms. The first kappa shape index (κ1) is 8.82. The summed E-state index contributed by atoms with van der Waals surface area (Å²) in [4.78, 5) is 10.3. The molecule has 3 heteroatoms. The van der Waals surface area contributed by atoms with Gasteiger partial charge in [-0.3, -0.25) is 0 Å². The second-order valence-electron chi connectivity index (χ2n) is 2.92. The summed E-state index contributed by atoms with van der Waals surface area (Å²) in [5, 5.41) is 0. The zero-order valence-electron chi connectivity index (χ0n) is 6.20. The molecule has 0 aliphatic carbocycles. The minimum absolute atomic E-state index is 0.0909. The minimum Gasteiger partial charge on any atom is -0.314 e. The van der Waals surface area contributed by atoms with Crippen LogP contribution in [-0.4, -0.2) is 14.2 Å². The summed E-state index contributed by atoms with van der Waals surface area (Å²) in [5.74, 6) is 0.0909. The molecule has 0 aliphatic rings. The van der Waals surface area contributed by atoms with Gasteiger partial charge in [-0.1, -0.05) is 0 Å². The summed E-state index contributed by atoms with van der Waals surface area (Å²) in [5.41, 5.74) is 0. The van der Waals surface area contributed by atoms with Crippen molar-refractivity contribution in [1.29, 1.82) is 0 Å². The number of hydrogen-bond donors (Lipinski definition) is 0. The number of Topliss-reactive ketones (excluding diaryl/α,β-unsaturated/α-hetero) is 1. The summed E-state index contributed by atoms with van der Waals surface area (Å²) >= 11 is 0. The summed E-state index contributed by atoms with van der Waals surface area (Å²) in [6.45, 7) is 4.74. The predicted octanol–water partition coefficient (Wildman–Crippen LogP) is 2.14. The van der Waals surface area contributed by atoms with Gasteiger partial charge in [-0.15, -0.1) is 0 Å². The quantitative estimate of drug-likeness (QED) is 0.442. The number of halogens is 1. The highest BCUT2D eigenvalue weighted by Gasteiger charge is 2.19. The van der Waals surface area contributed by atoms with Crippen LogP contribution in [0.25, 0.3) is 0 Å². The molecule has 0 aliphatic heterocycles. The maximum atomic E-state index is 12.7. The van der Waals surface area contributed by atoms with Gasteiger partial charge in [0, 0.05) is 6.42 Å². The zero-order chi connectivity index (χ0) is 7.49. The lowest BCUT2D eigenvalue weighted by molar-refractivity contribution is -0.116. The predicted molar refractivity (Wildman–Crippen MR) is 38.7 cm³/mol. The summed E-state index contributed by atoms with van der Waals surface area (Å²) in [7, 11) is -2.44. The fourth-order valence-electron chi connectivity index (χ4n) is 0.473. The van der Waals surface area contributed by atoms with Crippen molar-refractivity contribution in [3.05, 3.63) is 0 Å². The highest BCUT2D eigenvalue weighted by Crippen LogP contribution is 2.12. The SMILES string of the molecule is CC(=O)CC[Si](C)(C)F. The Hall–Kier alpha value is -0.183. The van der Waals surface area contributed by atoms with E-state index >= 15 is 0 Å². The first-order valence-corrected chi connectivity index (χ1v) is 6.19. The van der Waals surface area contributed by atoms with Crippen LogP contribution < -0.4 is 0 Å². The molecule has 0 rings (SSSR count). The molecule has 1 nitrogen and oxygen atoms in total. The molecular formula is C6H13FOSi. The smallest absolute Gasteiger partial charge is 0.241 e. The van der Waals surface area contributed by atoms with Gasteiger partial charge in [-0.2, -0.15) is 0 Å². The van der Waals surface area contributed by atoms with E-state index in [1.54, 1.807) is 13.1 Å². The molecule has 54 valence electrons. The Bertz CT molecular complexity index is 106. The second kappa shape index (κ2) is 3.10. The lowest BCUT2D eigenvalue weighted by atomic mass is 10.4. The third-order valence-electron chi connectivity index (χ3n) is 1.07. The molecule has 0 aromatic heterocycles. The van der Waals surface area contributed by atoms with E-state index in [4.69, 9.17) is 0 Å². The average Bonchev–Trinajstić information content (AvgIpc) is 1.59. The van der Waals surface area contributed by atoms with Crippen molar-refractivity contribution in [2.24, 2.45) is 0 Å². The van der Waals surface area contributed by atoms with Gasteiger partial charge in [0.25, 0.3) is 0 Å². The zero-order valence-corrected chi connectivity index (χ0v) is 7.20. The Morgan fingerprint density at radius 1 is 1.56 bits per heavy atom. The molecule has 0 aromatic carbocycles. The molecular weight excluding hydrogens is 135 g/mol. The van der Waals surface area contributed by atoms with Gasteiger partial charge < -0.3 is 8.90 Å². The Labute approximate surface area is 56.4 Å². The summed E-state index contributed by atoms with van der Waals surface area (Å²) < 4.78 is 12.7. The number of ketones is 1.